The largest absolute Gasteiger partial charge is 0.334 e. The third kappa shape index (κ3) is 6.72. The predicted molar refractivity (Wildman–Crippen MR) is 48.0 cm³/mol. The highest BCUT2D eigenvalue weighted by atomic mass is 31.2. The molecule has 0 unspecified atom stereocenters. The van der Waals surface area contributed by atoms with Crippen LogP contribution in [0.15, 0.2) is 0 Å². The molecular weight excluding hydrogens is 195 g/mol. The van der Waals surface area contributed by atoms with Gasteiger partial charge >= 0.3 is 7.60 Å². The monoisotopic (exact) mass is 210 g/mol. The second kappa shape index (κ2) is 5.34. The Morgan fingerprint density at radius 2 is 1.85 bits per heavy atom. The summed E-state index contributed by atoms with van der Waals surface area (Å²) in [4.78, 5) is 27.9. The SMILES string of the molecule is CCN(CC)NC(=O)CP(=O)(O)O. The molecule has 0 fully saturated rings. The van der Waals surface area contributed by atoms with Crippen LogP contribution in [-0.4, -0.2) is 40.0 Å². The van der Waals surface area contributed by atoms with Gasteiger partial charge in [-0.05, 0) is 0 Å². The first kappa shape index (κ1) is 12.6. The van der Waals surface area contributed by atoms with E-state index in [1.54, 1.807) is 5.01 Å². The Bertz CT molecular complexity index is 211. The summed E-state index contributed by atoms with van der Waals surface area (Å²) < 4.78 is 10.4. The second-order valence-electron chi connectivity index (χ2n) is 2.53. The molecule has 13 heavy (non-hydrogen) atoms. The number of rotatable bonds is 5. The maximum Gasteiger partial charge on any atom is 0.334 e. The van der Waals surface area contributed by atoms with Crippen molar-refractivity contribution in [1.82, 2.24) is 10.4 Å². The maximum atomic E-state index is 10.9. The van der Waals surface area contributed by atoms with Crippen LogP contribution in [0.3, 0.4) is 0 Å². The molecule has 0 aliphatic heterocycles. The third-order valence-electron chi connectivity index (χ3n) is 1.40. The molecule has 3 N–H and O–H groups in total. The van der Waals surface area contributed by atoms with Gasteiger partial charge in [-0.3, -0.25) is 14.8 Å². The molecule has 0 aromatic rings. The number of carbonyl (C=O) groups excluding carboxylic acids is 1. The lowest BCUT2D eigenvalue weighted by Gasteiger charge is -2.19. The number of amides is 1. The van der Waals surface area contributed by atoms with E-state index in [4.69, 9.17) is 9.79 Å². The van der Waals surface area contributed by atoms with Crippen LogP contribution in [0.1, 0.15) is 13.8 Å². The topological polar surface area (TPSA) is 89.9 Å². The van der Waals surface area contributed by atoms with Crippen LogP contribution in [0.2, 0.25) is 0 Å². The first-order valence-corrected chi connectivity index (χ1v) is 5.77. The lowest BCUT2D eigenvalue weighted by Crippen LogP contribution is -2.43. The molecule has 6 nitrogen and oxygen atoms in total. The molecule has 0 rings (SSSR count). The van der Waals surface area contributed by atoms with Crippen molar-refractivity contribution >= 4 is 13.5 Å². The molecular formula is C6H15N2O4P. The lowest BCUT2D eigenvalue weighted by atomic mass is 10.6. The standard InChI is InChI=1S/C6H15N2O4P/c1-3-8(4-2)7-6(9)5-13(10,11)12/h3-5H2,1-2H3,(H,7,9)(H2,10,11,12). The van der Waals surface area contributed by atoms with Crippen molar-refractivity contribution in [2.75, 3.05) is 19.3 Å². The summed E-state index contributed by atoms with van der Waals surface area (Å²) in [5, 5.41) is 1.57. The van der Waals surface area contributed by atoms with Crippen LogP contribution in [0.4, 0.5) is 0 Å². The van der Waals surface area contributed by atoms with Crippen LogP contribution in [0, 0.1) is 0 Å². The molecule has 0 saturated carbocycles. The third-order valence-corrected chi connectivity index (χ3v) is 2.09. The van der Waals surface area contributed by atoms with Gasteiger partial charge < -0.3 is 9.79 Å². The molecule has 7 heteroatoms. The number of carbonyl (C=O) groups is 1. The highest BCUT2D eigenvalue weighted by molar-refractivity contribution is 7.52. The highest BCUT2D eigenvalue weighted by Gasteiger charge is 2.19. The molecule has 0 aromatic heterocycles. The van der Waals surface area contributed by atoms with Crippen molar-refractivity contribution in [2.24, 2.45) is 0 Å². The van der Waals surface area contributed by atoms with Crippen molar-refractivity contribution in [3.05, 3.63) is 0 Å². The zero-order chi connectivity index (χ0) is 10.5. The molecule has 0 atom stereocenters. The molecule has 0 spiro atoms. The van der Waals surface area contributed by atoms with Crippen LogP contribution in [0.5, 0.6) is 0 Å². The van der Waals surface area contributed by atoms with E-state index in [1.165, 1.54) is 0 Å². The lowest BCUT2D eigenvalue weighted by molar-refractivity contribution is -0.123. The summed E-state index contributed by atoms with van der Waals surface area (Å²) in [6.45, 7) is 4.87. The summed E-state index contributed by atoms with van der Waals surface area (Å²) >= 11 is 0. The summed E-state index contributed by atoms with van der Waals surface area (Å²) in [7, 11) is -4.24. The fourth-order valence-electron chi connectivity index (χ4n) is 0.781. The minimum atomic E-state index is -4.24. The van der Waals surface area contributed by atoms with E-state index in [1.807, 2.05) is 13.8 Å². The van der Waals surface area contributed by atoms with Crippen LogP contribution in [-0.2, 0) is 9.36 Å². The van der Waals surface area contributed by atoms with E-state index in [2.05, 4.69) is 5.43 Å². The van der Waals surface area contributed by atoms with E-state index in [0.717, 1.165) is 0 Å². The van der Waals surface area contributed by atoms with Crippen molar-refractivity contribution in [3.8, 4) is 0 Å². The molecule has 1 amide bonds. The minimum absolute atomic E-state index is 0.601. The Labute approximate surface area is 77.1 Å². The van der Waals surface area contributed by atoms with E-state index >= 15 is 0 Å². The van der Waals surface area contributed by atoms with Crippen LogP contribution < -0.4 is 5.43 Å². The molecule has 0 aliphatic rings. The first-order valence-electron chi connectivity index (χ1n) is 3.98. The Kier molecular flexibility index (Phi) is 5.17. The van der Waals surface area contributed by atoms with E-state index < -0.39 is 19.7 Å². The Morgan fingerprint density at radius 1 is 1.38 bits per heavy atom. The van der Waals surface area contributed by atoms with Gasteiger partial charge in [-0.1, -0.05) is 13.8 Å². The van der Waals surface area contributed by atoms with Gasteiger partial charge in [0, 0.05) is 13.1 Å². The molecule has 0 aromatic carbocycles. The predicted octanol–water partition coefficient (Wildman–Crippen LogP) is -0.463. The van der Waals surface area contributed by atoms with Crippen LogP contribution in [0.25, 0.3) is 0 Å². The van der Waals surface area contributed by atoms with Crippen molar-refractivity contribution in [3.63, 3.8) is 0 Å². The zero-order valence-corrected chi connectivity index (χ0v) is 8.62. The van der Waals surface area contributed by atoms with E-state index in [0.29, 0.717) is 13.1 Å². The average molecular weight is 210 g/mol. The number of hydrogen-bond acceptors (Lipinski definition) is 3. The summed E-state index contributed by atoms with van der Waals surface area (Å²) in [5.41, 5.74) is 2.38. The normalized spacial score (nSPS) is 11.8. The smallest absolute Gasteiger partial charge is 0.324 e. The van der Waals surface area contributed by atoms with Gasteiger partial charge in [0.1, 0.15) is 6.16 Å². The summed E-state index contributed by atoms with van der Waals surface area (Å²) in [6.07, 6.45) is -0.760. The number of hydrazine groups is 1. The molecule has 78 valence electrons. The van der Waals surface area contributed by atoms with Crippen LogP contribution >= 0.6 is 7.60 Å². The van der Waals surface area contributed by atoms with Crippen molar-refractivity contribution in [1.29, 1.82) is 0 Å². The minimum Gasteiger partial charge on any atom is -0.324 e. The van der Waals surface area contributed by atoms with Crippen molar-refractivity contribution in [2.45, 2.75) is 13.8 Å². The highest BCUT2D eigenvalue weighted by Crippen LogP contribution is 2.33. The Morgan fingerprint density at radius 3 is 2.15 bits per heavy atom. The van der Waals surface area contributed by atoms with Gasteiger partial charge in [0.05, 0.1) is 0 Å². The first-order chi connectivity index (χ1) is 5.89. The number of nitrogens with one attached hydrogen (secondary N) is 1. The Balaban J connectivity index is 3.94. The second-order valence-corrected chi connectivity index (χ2v) is 4.18. The molecule has 0 bridgehead atoms. The van der Waals surface area contributed by atoms with Gasteiger partial charge in [-0.15, -0.1) is 0 Å². The molecule has 0 saturated heterocycles. The molecule has 0 aliphatic carbocycles. The van der Waals surface area contributed by atoms with Crippen molar-refractivity contribution < 1.29 is 19.1 Å². The van der Waals surface area contributed by atoms with E-state index in [9.17, 15) is 9.36 Å². The quantitative estimate of drug-likeness (QED) is 0.422. The summed E-state index contributed by atoms with van der Waals surface area (Å²) in [5.74, 6) is -0.656. The zero-order valence-electron chi connectivity index (χ0n) is 7.73. The fourth-order valence-corrected chi connectivity index (χ4v) is 1.23. The number of nitrogens with zero attached hydrogens (tertiary/aromatic N) is 1. The Hall–Kier alpha value is -0.420. The maximum absolute atomic E-state index is 10.9. The fraction of sp³-hybridized carbons (Fsp3) is 0.833. The van der Waals surface area contributed by atoms with Gasteiger partial charge in [0.15, 0.2) is 0 Å². The number of hydrogen-bond donors (Lipinski definition) is 3. The van der Waals surface area contributed by atoms with Gasteiger partial charge in [-0.2, -0.15) is 0 Å². The van der Waals surface area contributed by atoms with E-state index in [-0.39, 0.29) is 0 Å². The van der Waals surface area contributed by atoms with Gasteiger partial charge in [-0.25, -0.2) is 5.01 Å². The van der Waals surface area contributed by atoms with Gasteiger partial charge in [0.2, 0.25) is 5.91 Å². The average Bonchev–Trinajstić information content (AvgIpc) is 1.96. The van der Waals surface area contributed by atoms with Gasteiger partial charge in [0.25, 0.3) is 0 Å². The summed E-state index contributed by atoms with van der Waals surface area (Å²) in [6, 6.07) is 0. The molecule has 0 radical (unpaired) electrons. The molecule has 0 heterocycles.